The van der Waals surface area contributed by atoms with Crippen LogP contribution in [0.1, 0.15) is 46.0 Å². The molecule has 5 heteroatoms. The lowest BCUT2D eigenvalue weighted by Gasteiger charge is -2.31. The van der Waals surface area contributed by atoms with E-state index in [0.717, 1.165) is 25.7 Å². The minimum atomic E-state index is -0.348. The zero-order valence-corrected chi connectivity index (χ0v) is 13.8. The van der Waals surface area contributed by atoms with Crippen molar-refractivity contribution in [1.82, 2.24) is 4.90 Å². The zero-order chi connectivity index (χ0) is 16.8. The minimum Gasteiger partial charge on any atom is -0.331 e. The first-order chi connectivity index (χ1) is 11.0. The van der Waals surface area contributed by atoms with Gasteiger partial charge in [-0.15, -0.1) is 0 Å². The van der Waals surface area contributed by atoms with Crippen LogP contribution in [-0.4, -0.2) is 29.3 Å². The highest BCUT2D eigenvalue weighted by Crippen LogP contribution is 2.26. The number of halogens is 1. The third-order valence-electron chi connectivity index (χ3n) is 4.30. The molecule has 0 heterocycles. The molecule has 1 aromatic carbocycles. The van der Waals surface area contributed by atoms with E-state index in [9.17, 15) is 14.0 Å². The summed E-state index contributed by atoms with van der Waals surface area (Å²) in [7, 11) is 0. The largest absolute Gasteiger partial charge is 0.331 e. The van der Waals surface area contributed by atoms with E-state index in [0.29, 0.717) is 5.69 Å². The van der Waals surface area contributed by atoms with E-state index in [2.05, 4.69) is 5.32 Å². The van der Waals surface area contributed by atoms with Crippen LogP contribution in [0.4, 0.5) is 10.1 Å². The predicted octanol–water partition coefficient (Wildman–Crippen LogP) is 3.58. The van der Waals surface area contributed by atoms with Gasteiger partial charge in [-0.25, -0.2) is 4.39 Å². The first-order valence-electron chi connectivity index (χ1n) is 8.33. The summed E-state index contributed by atoms with van der Waals surface area (Å²) in [5.41, 5.74) is 0.533. The van der Waals surface area contributed by atoms with Gasteiger partial charge in [0, 0.05) is 17.6 Å². The Morgan fingerprint density at radius 1 is 1.17 bits per heavy atom. The fraction of sp³-hybridized carbons (Fsp3) is 0.556. The second-order valence-corrected chi connectivity index (χ2v) is 6.45. The molecular weight excluding hydrogens is 295 g/mol. The van der Waals surface area contributed by atoms with Crippen molar-refractivity contribution in [3.05, 3.63) is 30.1 Å². The van der Waals surface area contributed by atoms with Gasteiger partial charge in [0.05, 0.1) is 0 Å². The van der Waals surface area contributed by atoms with E-state index < -0.39 is 0 Å². The van der Waals surface area contributed by atoms with Crippen LogP contribution in [0, 0.1) is 11.7 Å². The number of carbonyl (C=O) groups excluding carboxylic acids is 2. The Bertz CT molecular complexity index is 536. The SMILES string of the molecule is CC(C)N(CC(=O)Nc1ccc(F)cc1)C(=O)C1CCCCC1. The maximum absolute atomic E-state index is 12.9. The highest BCUT2D eigenvalue weighted by molar-refractivity contribution is 5.94. The third kappa shape index (κ3) is 5.05. The monoisotopic (exact) mass is 320 g/mol. The zero-order valence-electron chi connectivity index (χ0n) is 13.8. The first kappa shape index (κ1) is 17.4. The van der Waals surface area contributed by atoms with E-state index in [4.69, 9.17) is 0 Å². The van der Waals surface area contributed by atoms with E-state index in [1.807, 2.05) is 13.8 Å². The van der Waals surface area contributed by atoms with Crippen LogP contribution in [0.2, 0.25) is 0 Å². The average molecular weight is 320 g/mol. The molecule has 2 amide bonds. The van der Waals surface area contributed by atoms with Gasteiger partial charge in [-0.1, -0.05) is 19.3 Å². The fourth-order valence-corrected chi connectivity index (χ4v) is 2.99. The van der Waals surface area contributed by atoms with E-state index >= 15 is 0 Å². The van der Waals surface area contributed by atoms with E-state index in [-0.39, 0.29) is 36.1 Å². The van der Waals surface area contributed by atoms with Gasteiger partial charge in [0.25, 0.3) is 0 Å². The lowest BCUT2D eigenvalue weighted by atomic mass is 9.88. The van der Waals surface area contributed by atoms with Crippen LogP contribution in [0.25, 0.3) is 0 Å². The number of anilines is 1. The third-order valence-corrected chi connectivity index (χ3v) is 4.30. The number of carbonyl (C=O) groups is 2. The maximum Gasteiger partial charge on any atom is 0.244 e. The highest BCUT2D eigenvalue weighted by Gasteiger charge is 2.28. The normalized spacial score (nSPS) is 15.5. The predicted molar refractivity (Wildman–Crippen MR) is 88.5 cm³/mol. The molecule has 0 aliphatic heterocycles. The average Bonchev–Trinajstić information content (AvgIpc) is 2.55. The Balaban J connectivity index is 1.96. The Morgan fingerprint density at radius 2 is 1.78 bits per heavy atom. The summed E-state index contributed by atoms with van der Waals surface area (Å²) >= 11 is 0. The van der Waals surface area contributed by atoms with Crippen molar-refractivity contribution in [1.29, 1.82) is 0 Å². The Labute approximate surface area is 137 Å². The fourth-order valence-electron chi connectivity index (χ4n) is 2.99. The number of hydrogen-bond acceptors (Lipinski definition) is 2. The van der Waals surface area contributed by atoms with Crippen molar-refractivity contribution >= 4 is 17.5 Å². The number of nitrogens with one attached hydrogen (secondary N) is 1. The van der Waals surface area contributed by atoms with Gasteiger partial charge in [-0.05, 0) is 51.0 Å². The van der Waals surface area contributed by atoms with Crippen molar-refractivity contribution in [2.24, 2.45) is 5.92 Å². The molecule has 1 N–H and O–H groups in total. The van der Waals surface area contributed by atoms with Crippen molar-refractivity contribution in [2.75, 3.05) is 11.9 Å². The minimum absolute atomic E-state index is 0.0246. The van der Waals surface area contributed by atoms with Crippen molar-refractivity contribution in [3.63, 3.8) is 0 Å². The molecule has 1 fully saturated rings. The van der Waals surface area contributed by atoms with Gasteiger partial charge in [0.15, 0.2) is 0 Å². The maximum atomic E-state index is 12.9. The molecule has 1 aromatic rings. The number of nitrogens with zero attached hydrogens (tertiary/aromatic N) is 1. The molecule has 0 bridgehead atoms. The molecule has 1 saturated carbocycles. The van der Waals surface area contributed by atoms with Crippen molar-refractivity contribution < 1.29 is 14.0 Å². The summed E-state index contributed by atoms with van der Waals surface area (Å²) in [6.07, 6.45) is 5.20. The lowest BCUT2D eigenvalue weighted by Crippen LogP contribution is -2.45. The molecule has 0 spiro atoms. The highest BCUT2D eigenvalue weighted by atomic mass is 19.1. The van der Waals surface area contributed by atoms with Crippen LogP contribution < -0.4 is 5.32 Å². The smallest absolute Gasteiger partial charge is 0.244 e. The molecule has 0 aromatic heterocycles. The first-order valence-corrected chi connectivity index (χ1v) is 8.33. The van der Waals surface area contributed by atoms with Crippen molar-refractivity contribution in [3.8, 4) is 0 Å². The van der Waals surface area contributed by atoms with Crippen LogP contribution in [0.3, 0.4) is 0 Å². The lowest BCUT2D eigenvalue weighted by molar-refractivity contribution is -0.141. The second kappa shape index (κ2) is 8.09. The molecule has 0 unspecified atom stereocenters. The van der Waals surface area contributed by atoms with Gasteiger partial charge in [-0.2, -0.15) is 0 Å². The van der Waals surface area contributed by atoms with Gasteiger partial charge in [0.2, 0.25) is 11.8 Å². The van der Waals surface area contributed by atoms with Crippen LogP contribution in [-0.2, 0) is 9.59 Å². The number of amides is 2. The molecule has 0 saturated heterocycles. The number of rotatable bonds is 5. The molecule has 1 aliphatic carbocycles. The summed E-state index contributed by atoms with van der Waals surface area (Å²) < 4.78 is 12.9. The van der Waals surface area contributed by atoms with Gasteiger partial charge < -0.3 is 10.2 Å². The summed E-state index contributed by atoms with van der Waals surface area (Å²) in [6.45, 7) is 3.88. The topological polar surface area (TPSA) is 49.4 Å². The van der Waals surface area contributed by atoms with E-state index in [1.54, 1.807) is 4.90 Å². The van der Waals surface area contributed by atoms with Gasteiger partial charge >= 0.3 is 0 Å². The molecule has 126 valence electrons. The quantitative estimate of drug-likeness (QED) is 0.901. The molecule has 0 atom stereocenters. The van der Waals surface area contributed by atoms with Gasteiger partial charge in [-0.3, -0.25) is 9.59 Å². The van der Waals surface area contributed by atoms with Crippen molar-refractivity contribution in [2.45, 2.75) is 52.0 Å². The molecule has 23 heavy (non-hydrogen) atoms. The molecule has 4 nitrogen and oxygen atoms in total. The summed E-state index contributed by atoms with van der Waals surface area (Å²) in [4.78, 5) is 26.5. The summed E-state index contributed by atoms with van der Waals surface area (Å²) in [6, 6.07) is 5.58. The molecule has 1 aliphatic rings. The Morgan fingerprint density at radius 3 is 2.35 bits per heavy atom. The van der Waals surface area contributed by atoms with E-state index in [1.165, 1.54) is 30.7 Å². The second-order valence-electron chi connectivity index (χ2n) is 6.45. The van der Waals surface area contributed by atoms with Crippen LogP contribution in [0.15, 0.2) is 24.3 Å². The summed E-state index contributed by atoms with van der Waals surface area (Å²) in [5, 5.41) is 2.71. The van der Waals surface area contributed by atoms with Gasteiger partial charge in [0.1, 0.15) is 12.4 Å². The Hall–Kier alpha value is -1.91. The van der Waals surface area contributed by atoms with Crippen LogP contribution in [0.5, 0.6) is 0 Å². The number of benzene rings is 1. The Kier molecular flexibility index (Phi) is 6.13. The molecular formula is C18H25FN2O2. The molecule has 0 radical (unpaired) electrons. The standard InChI is InChI=1S/C18H25FN2O2/c1-13(2)21(18(23)14-6-4-3-5-7-14)12-17(22)20-16-10-8-15(19)9-11-16/h8-11,13-14H,3-7,12H2,1-2H3,(H,20,22). The summed E-state index contributed by atoms with van der Waals surface area (Å²) in [5.74, 6) is -0.479. The van der Waals surface area contributed by atoms with Crippen LogP contribution >= 0.6 is 0 Å². The number of hydrogen-bond donors (Lipinski definition) is 1. The molecule has 2 rings (SSSR count).